The van der Waals surface area contributed by atoms with E-state index in [-0.39, 0.29) is 0 Å². The van der Waals surface area contributed by atoms with Gasteiger partial charge in [-0.2, -0.15) is 8.42 Å². The summed E-state index contributed by atoms with van der Waals surface area (Å²) in [7, 11) is -4.67. The Bertz CT molecular complexity index is 278. The molecule has 6 N–H and O–H groups in total. The second-order valence-corrected chi connectivity index (χ2v) is 4.64. The quantitative estimate of drug-likeness (QED) is 0.285. The van der Waals surface area contributed by atoms with E-state index < -0.39 is 10.4 Å². The third kappa shape index (κ3) is 17.6. The first-order valence-electron chi connectivity index (χ1n) is 5.63. The predicted octanol–water partition coefficient (Wildman–Crippen LogP) is -2.27. The summed E-state index contributed by atoms with van der Waals surface area (Å²) in [5.41, 5.74) is 0. The minimum absolute atomic E-state index is 0.788. The van der Waals surface area contributed by atoms with Crippen LogP contribution in [0.1, 0.15) is 0 Å². The Labute approximate surface area is 112 Å². The van der Waals surface area contributed by atoms with Crippen LogP contribution in [-0.2, 0) is 19.9 Å². The molecule has 0 atom stereocenters. The predicted molar refractivity (Wildman–Crippen MR) is 67.3 cm³/mol. The topological polar surface area (TPSA) is 152 Å². The van der Waals surface area contributed by atoms with E-state index in [2.05, 4.69) is 0 Å². The summed E-state index contributed by atoms with van der Waals surface area (Å²) in [5.74, 6) is 10.8. The molecule has 0 aromatic rings. The van der Waals surface area contributed by atoms with Gasteiger partial charge in [-0.05, 0) is 0 Å². The molecule has 0 amide bonds. The van der Waals surface area contributed by atoms with Crippen LogP contribution in [0.2, 0.25) is 0 Å². The Morgan fingerprint density at radius 1 is 0.789 bits per heavy atom. The van der Waals surface area contributed by atoms with Gasteiger partial charge in [0.15, 0.2) is 0 Å². The summed E-state index contributed by atoms with van der Waals surface area (Å²) in [6, 6.07) is 0. The molecule has 0 aromatic heterocycles. The number of hydrogen-bond donors (Lipinski definition) is 4. The molecule has 2 heterocycles. The standard InChI is InChI=1S/2C4H10N2O.H2O4S/c2*5-6-1-3-7-4-2-6;1-5(2,3)4/h2*1-5H2;(H2,1,2,3,4). The van der Waals surface area contributed by atoms with E-state index in [4.69, 9.17) is 38.7 Å². The fourth-order valence-corrected chi connectivity index (χ4v) is 1.15. The van der Waals surface area contributed by atoms with Crippen molar-refractivity contribution in [1.29, 1.82) is 0 Å². The van der Waals surface area contributed by atoms with Crippen molar-refractivity contribution in [3.05, 3.63) is 0 Å². The van der Waals surface area contributed by atoms with E-state index in [0.717, 1.165) is 52.6 Å². The molecule has 0 unspecified atom stereocenters. The zero-order chi connectivity index (χ0) is 14.7. The molecule has 11 heteroatoms. The molecule has 0 aliphatic carbocycles. The fraction of sp³-hybridized carbons (Fsp3) is 1.00. The van der Waals surface area contributed by atoms with Gasteiger partial charge in [0.25, 0.3) is 0 Å². The van der Waals surface area contributed by atoms with Crippen molar-refractivity contribution in [3.8, 4) is 0 Å². The van der Waals surface area contributed by atoms with E-state index in [1.54, 1.807) is 10.0 Å². The molecule has 0 spiro atoms. The first-order valence-corrected chi connectivity index (χ1v) is 7.03. The average molecular weight is 302 g/mol. The smallest absolute Gasteiger partial charge is 0.379 e. The molecule has 116 valence electrons. The maximum absolute atomic E-state index is 8.74. The van der Waals surface area contributed by atoms with Crippen LogP contribution in [-0.4, -0.2) is 80.1 Å². The van der Waals surface area contributed by atoms with E-state index in [9.17, 15) is 0 Å². The zero-order valence-electron chi connectivity index (χ0n) is 10.6. The minimum atomic E-state index is -4.67. The lowest BCUT2D eigenvalue weighted by molar-refractivity contribution is 0.0377. The summed E-state index contributed by atoms with van der Waals surface area (Å²) >= 11 is 0. The molecule has 0 aromatic carbocycles. The highest BCUT2D eigenvalue weighted by Gasteiger charge is 2.03. The normalized spacial score (nSPS) is 21.7. The average Bonchev–Trinajstić information content (AvgIpc) is 2.29. The second-order valence-electron chi connectivity index (χ2n) is 3.74. The van der Waals surface area contributed by atoms with Gasteiger partial charge in [-0.25, -0.2) is 10.0 Å². The van der Waals surface area contributed by atoms with Gasteiger partial charge in [0.2, 0.25) is 0 Å². The summed E-state index contributed by atoms with van der Waals surface area (Å²) in [5, 5.41) is 3.53. The van der Waals surface area contributed by atoms with Gasteiger partial charge in [-0.3, -0.25) is 20.8 Å². The maximum Gasteiger partial charge on any atom is 0.394 e. The van der Waals surface area contributed by atoms with Crippen LogP contribution in [0.5, 0.6) is 0 Å². The van der Waals surface area contributed by atoms with Gasteiger partial charge in [0.1, 0.15) is 0 Å². The Morgan fingerprint density at radius 2 is 1.00 bits per heavy atom. The zero-order valence-corrected chi connectivity index (χ0v) is 11.5. The number of nitrogens with two attached hydrogens (primary N) is 2. The lowest BCUT2D eigenvalue weighted by Gasteiger charge is -2.20. The number of hydrazine groups is 2. The molecule has 2 aliphatic rings. The summed E-state index contributed by atoms with van der Waals surface area (Å²) < 4.78 is 41.6. The van der Waals surface area contributed by atoms with Crippen molar-refractivity contribution >= 4 is 10.4 Å². The monoisotopic (exact) mass is 302 g/mol. The van der Waals surface area contributed by atoms with Gasteiger partial charge in [-0.15, -0.1) is 0 Å². The number of nitrogens with zero attached hydrogens (tertiary/aromatic N) is 2. The van der Waals surface area contributed by atoms with Crippen LogP contribution in [0.4, 0.5) is 0 Å². The summed E-state index contributed by atoms with van der Waals surface area (Å²) in [6.45, 7) is 6.65. The third-order valence-electron chi connectivity index (χ3n) is 2.09. The number of morpholine rings is 2. The SMILES string of the molecule is NN1CCOCC1.NN1CCOCC1.O=S(=O)(O)O. The fourth-order valence-electron chi connectivity index (χ4n) is 1.15. The van der Waals surface area contributed by atoms with Crippen molar-refractivity contribution in [2.24, 2.45) is 11.7 Å². The molecular formula is C8H22N4O6S. The molecule has 2 rings (SSSR count). The van der Waals surface area contributed by atoms with Gasteiger partial charge in [0.05, 0.1) is 26.4 Å². The summed E-state index contributed by atoms with van der Waals surface area (Å²) in [4.78, 5) is 0. The number of hydrogen-bond acceptors (Lipinski definition) is 8. The van der Waals surface area contributed by atoms with E-state index in [1.807, 2.05) is 0 Å². The Hall–Kier alpha value is -0.370. The molecule has 19 heavy (non-hydrogen) atoms. The molecule has 0 bridgehead atoms. The first-order chi connectivity index (χ1) is 8.79. The summed E-state index contributed by atoms with van der Waals surface area (Å²) in [6.07, 6.45) is 0. The van der Waals surface area contributed by atoms with Crippen molar-refractivity contribution in [1.82, 2.24) is 10.0 Å². The Balaban J connectivity index is 0.000000261. The number of rotatable bonds is 0. The van der Waals surface area contributed by atoms with Crippen molar-refractivity contribution in [3.63, 3.8) is 0 Å². The molecular weight excluding hydrogens is 280 g/mol. The lowest BCUT2D eigenvalue weighted by Crippen LogP contribution is -2.41. The molecule has 0 saturated carbocycles. The van der Waals surface area contributed by atoms with Crippen LogP contribution >= 0.6 is 0 Å². The van der Waals surface area contributed by atoms with Gasteiger partial charge >= 0.3 is 10.4 Å². The molecule has 2 fully saturated rings. The van der Waals surface area contributed by atoms with Crippen LogP contribution in [0, 0.1) is 0 Å². The second kappa shape index (κ2) is 10.4. The largest absolute Gasteiger partial charge is 0.394 e. The van der Waals surface area contributed by atoms with Crippen LogP contribution in [0.3, 0.4) is 0 Å². The van der Waals surface area contributed by atoms with Gasteiger partial charge < -0.3 is 9.47 Å². The first kappa shape index (κ1) is 18.6. The highest BCUT2D eigenvalue weighted by Crippen LogP contribution is 1.87. The molecule has 0 radical (unpaired) electrons. The van der Waals surface area contributed by atoms with Crippen molar-refractivity contribution in [2.45, 2.75) is 0 Å². The Morgan fingerprint density at radius 3 is 1.11 bits per heavy atom. The molecule has 10 nitrogen and oxygen atoms in total. The van der Waals surface area contributed by atoms with Crippen LogP contribution in [0.25, 0.3) is 0 Å². The third-order valence-corrected chi connectivity index (χ3v) is 2.09. The minimum Gasteiger partial charge on any atom is -0.379 e. The van der Waals surface area contributed by atoms with Crippen LogP contribution < -0.4 is 11.7 Å². The van der Waals surface area contributed by atoms with Gasteiger partial charge in [-0.1, -0.05) is 0 Å². The number of ether oxygens (including phenoxy) is 2. The van der Waals surface area contributed by atoms with E-state index in [0.29, 0.717) is 0 Å². The molecule has 2 saturated heterocycles. The van der Waals surface area contributed by atoms with Crippen molar-refractivity contribution in [2.75, 3.05) is 52.6 Å². The van der Waals surface area contributed by atoms with E-state index >= 15 is 0 Å². The van der Waals surface area contributed by atoms with E-state index in [1.165, 1.54) is 0 Å². The highest BCUT2D eigenvalue weighted by atomic mass is 32.3. The van der Waals surface area contributed by atoms with Crippen molar-refractivity contribution < 1.29 is 27.0 Å². The van der Waals surface area contributed by atoms with Gasteiger partial charge in [0, 0.05) is 26.2 Å². The Kier molecular flexibility index (Phi) is 10.2. The lowest BCUT2D eigenvalue weighted by atomic mass is 10.5. The van der Waals surface area contributed by atoms with Crippen LogP contribution in [0.15, 0.2) is 0 Å². The maximum atomic E-state index is 8.74. The molecule has 2 aliphatic heterocycles. The highest BCUT2D eigenvalue weighted by molar-refractivity contribution is 7.79.